The van der Waals surface area contributed by atoms with Crippen LogP contribution in [0, 0.1) is 0 Å². The highest BCUT2D eigenvalue weighted by Gasteiger charge is 2.28. The van der Waals surface area contributed by atoms with Crippen molar-refractivity contribution in [2.24, 2.45) is 0 Å². The van der Waals surface area contributed by atoms with Crippen LogP contribution < -0.4 is 9.46 Å². The number of rotatable bonds is 3. The number of imidazole rings is 1. The second kappa shape index (κ2) is 5.31. The normalized spacial score (nSPS) is 11.5. The van der Waals surface area contributed by atoms with Crippen LogP contribution in [0.4, 0.5) is 4.79 Å². The number of carbonyl (C=O) groups is 1. The van der Waals surface area contributed by atoms with Gasteiger partial charge in [-0.3, -0.25) is 5.10 Å². The number of hydrogen-bond donors (Lipinski definition) is 2. The predicted molar refractivity (Wildman–Crippen MR) is 75.1 cm³/mol. The van der Waals surface area contributed by atoms with E-state index >= 15 is 0 Å². The predicted octanol–water partition coefficient (Wildman–Crippen LogP) is 1.19. The number of benzene rings is 1. The molecule has 22 heavy (non-hydrogen) atoms. The van der Waals surface area contributed by atoms with Crippen LogP contribution in [0.5, 0.6) is 5.75 Å². The molecule has 0 fully saturated rings. The molecule has 2 aromatic heterocycles. The van der Waals surface area contributed by atoms with Crippen LogP contribution in [-0.2, 0) is 10.0 Å². The lowest BCUT2D eigenvalue weighted by molar-refractivity contribution is 0.206. The van der Waals surface area contributed by atoms with E-state index < -0.39 is 21.1 Å². The number of amides is 1. The molecule has 0 aliphatic heterocycles. The molecule has 0 aliphatic rings. The van der Waals surface area contributed by atoms with Crippen LogP contribution in [0.1, 0.15) is 0 Å². The fraction of sp³-hybridized carbons (Fsp3) is 0. The van der Waals surface area contributed by atoms with E-state index in [0.717, 1.165) is 4.52 Å². The first-order chi connectivity index (χ1) is 10.5. The summed E-state index contributed by atoms with van der Waals surface area (Å²) in [6.07, 6.45) is 0.0664. The fourth-order valence-corrected chi connectivity index (χ4v) is 3.19. The SMILES string of the molecule is O=C(NS(=O)(=O)c1c(Cl)nc2nc[nH]n12)Oc1ccccc1. The fourth-order valence-electron chi connectivity index (χ4n) is 1.72. The quantitative estimate of drug-likeness (QED) is 0.738. The molecule has 3 aromatic rings. The van der Waals surface area contributed by atoms with Gasteiger partial charge in [0, 0.05) is 0 Å². The van der Waals surface area contributed by atoms with Crippen LogP contribution >= 0.6 is 11.6 Å². The molecule has 0 unspecified atom stereocenters. The molecule has 3 rings (SSSR count). The summed E-state index contributed by atoms with van der Waals surface area (Å²) in [7, 11) is -4.29. The highest BCUT2D eigenvalue weighted by Crippen LogP contribution is 2.20. The van der Waals surface area contributed by atoms with Crippen molar-refractivity contribution in [2.45, 2.75) is 5.03 Å². The largest absolute Gasteiger partial charge is 0.426 e. The first-order valence-electron chi connectivity index (χ1n) is 5.84. The number of carbonyl (C=O) groups excluding carboxylic acids is 1. The Labute approximate surface area is 128 Å². The van der Waals surface area contributed by atoms with Gasteiger partial charge in [-0.15, -0.1) is 0 Å². The third-order valence-electron chi connectivity index (χ3n) is 2.57. The molecular formula is C11H8ClN5O4S. The van der Waals surface area contributed by atoms with Crippen LogP contribution in [-0.4, -0.2) is 34.1 Å². The van der Waals surface area contributed by atoms with Crippen molar-refractivity contribution in [3.8, 4) is 5.75 Å². The molecule has 0 saturated carbocycles. The van der Waals surface area contributed by atoms with Gasteiger partial charge in [0.2, 0.25) is 5.03 Å². The zero-order valence-electron chi connectivity index (χ0n) is 10.7. The Morgan fingerprint density at radius 3 is 2.77 bits per heavy atom. The van der Waals surface area contributed by atoms with Gasteiger partial charge in [0.1, 0.15) is 12.1 Å². The van der Waals surface area contributed by atoms with Crippen molar-refractivity contribution in [1.82, 2.24) is 24.3 Å². The second-order valence-corrected chi connectivity index (χ2v) is 5.99. The Morgan fingerprint density at radius 1 is 1.32 bits per heavy atom. The number of hydrogen-bond acceptors (Lipinski definition) is 6. The summed E-state index contributed by atoms with van der Waals surface area (Å²) in [4.78, 5) is 19.2. The molecule has 1 amide bonds. The molecule has 1 aromatic carbocycles. The summed E-state index contributed by atoms with van der Waals surface area (Å²) in [5.41, 5.74) is 0. The average molecular weight is 342 g/mol. The number of aromatic amines is 1. The number of H-pyrrole nitrogens is 1. The maximum absolute atomic E-state index is 12.2. The second-order valence-electron chi connectivity index (χ2n) is 4.04. The van der Waals surface area contributed by atoms with Crippen LogP contribution in [0.2, 0.25) is 5.15 Å². The van der Waals surface area contributed by atoms with Gasteiger partial charge in [0.15, 0.2) is 5.15 Å². The van der Waals surface area contributed by atoms with Crippen LogP contribution in [0.3, 0.4) is 0 Å². The highest BCUT2D eigenvalue weighted by atomic mass is 35.5. The summed E-state index contributed by atoms with van der Waals surface area (Å²) in [5, 5.41) is 1.77. The summed E-state index contributed by atoms with van der Waals surface area (Å²) < 4.78 is 32.1. The van der Waals surface area contributed by atoms with Gasteiger partial charge in [-0.1, -0.05) is 29.8 Å². The molecular weight excluding hydrogens is 334 g/mol. The van der Waals surface area contributed by atoms with Crippen LogP contribution in [0.25, 0.3) is 5.78 Å². The molecule has 114 valence electrons. The number of halogens is 1. The highest BCUT2D eigenvalue weighted by molar-refractivity contribution is 7.90. The lowest BCUT2D eigenvalue weighted by atomic mass is 10.3. The van der Waals surface area contributed by atoms with E-state index in [2.05, 4.69) is 15.1 Å². The monoisotopic (exact) mass is 341 g/mol. The Kier molecular flexibility index (Phi) is 3.47. The maximum Gasteiger partial charge on any atom is 0.426 e. The van der Waals surface area contributed by atoms with Crippen molar-refractivity contribution in [2.75, 3.05) is 0 Å². The standard InChI is InChI=1S/C11H8ClN5O4S/c12-8-9(17-10(15-8)13-6-14-17)22(19,20)16-11(18)21-7-4-2-1-3-5-7/h1-6H,(H,16,18)(H,13,14,15). The van der Waals surface area contributed by atoms with E-state index in [4.69, 9.17) is 16.3 Å². The number of aromatic nitrogens is 4. The molecule has 0 atom stereocenters. The molecule has 11 heteroatoms. The maximum atomic E-state index is 12.2. The van der Waals surface area contributed by atoms with Crippen molar-refractivity contribution >= 4 is 33.5 Å². The minimum absolute atomic E-state index is 0.0572. The summed E-state index contributed by atoms with van der Waals surface area (Å²) in [6, 6.07) is 8.01. The topological polar surface area (TPSA) is 118 Å². The number of sulfonamides is 1. The number of ether oxygens (including phenoxy) is 1. The van der Waals surface area contributed by atoms with Gasteiger partial charge in [0.05, 0.1) is 0 Å². The zero-order valence-corrected chi connectivity index (χ0v) is 12.3. The van der Waals surface area contributed by atoms with E-state index in [9.17, 15) is 13.2 Å². The summed E-state index contributed by atoms with van der Waals surface area (Å²) in [6.45, 7) is 0. The Hall–Kier alpha value is -2.59. The van der Waals surface area contributed by atoms with Gasteiger partial charge in [0.25, 0.3) is 15.8 Å². The first kappa shape index (κ1) is 14.4. The number of nitrogens with one attached hydrogen (secondary N) is 2. The minimum atomic E-state index is -4.29. The Balaban J connectivity index is 1.86. The molecule has 0 saturated heterocycles. The smallest absolute Gasteiger partial charge is 0.410 e. The van der Waals surface area contributed by atoms with E-state index in [-0.39, 0.29) is 16.7 Å². The molecule has 9 nitrogen and oxygen atoms in total. The molecule has 0 spiro atoms. The lowest BCUT2D eigenvalue weighted by Gasteiger charge is -2.07. The van der Waals surface area contributed by atoms with E-state index in [1.165, 1.54) is 18.5 Å². The number of nitrogens with zero attached hydrogens (tertiary/aromatic N) is 3. The molecule has 0 bridgehead atoms. The van der Waals surface area contributed by atoms with Crippen molar-refractivity contribution in [1.29, 1.82) is 0 Å². The third kappa shape index (κ3) is 2.61. The van der Waals surface area contributed by atoms with Gasteiger partial charge in [-0.2, -0.15) is 13.4 Å². The number of fused-ring (bicyclic) bond motifs is 1. The Morgan fingerprint density at radius 2 is 2.05 bits per heavy atom. The van der Waals surface area contributed by atoms with Gasteiger partial charge < -0.3 is 4.74 Å². The molecule has 2 heterocycles. The summed E-state index contributed by atoms with van der Waals surface area (Å²) in [5.74, 6) is 0.253. The van der Waals surface area contributed by atoms with Crippen LogP contribution in [0.15, 0.2) is 41.7 Å². The van der Waals surface area contributed by atoms with E-state index in [1.807, 2.05) is 0 Å². The van der Waals surface area contributed by atoms with Gasteiger partial charge in [-0.25, -0.2) is 19.0 Å². The van der Waals surface area contributed by atoms with Crippen molar-refractivity contribution in [3.05, 3.63) is 41.8 Å². The lowest BCUT2D eigenvalue weighted by Crippen LogP contribution is -2.34. The minimum Gasteiger partial charge on any atom is -0.410 e. The van der Waals surface area contributed by atoms with Crippen molar-refractivity contribution in [3.63, 3.8) is 0 Å². The average Bonchev–Trinajstić information content (AvgIpc) is 2.98. The van der Waals surface area contributed by atoms with Gasteiger partial charge in [-0.05, 0) is 12.1 Å². The number of para-hydroxylation sites is 1. The first-order valence-corrected chi connectivity index (χ1v) is 7.70. The zero-order chi connectivity index (χ0) is 15.7. The third-order valence-corrected chi connectivity index (χ3v) is 4.27. The Bertz CT molecular complexity index is 934. The van der Waals surface area contributed by atoms with E-state index in [1.54, 1.807) is 22.9 Å². The van der Waals surface area contributed by atoms with Crippen molar-refractivity contribution < 1.29 is 17.9 Å². The molecule has 2 N–H and O–H groups in total. The van der Waals surface area contributed by atoms with Gasteiger partial charge >= 0.3 is 6.09 Å². The molecule has 0 aliphatic carbocycles. The molecule has 0 radical (unpaired) electrons. The summed E-state index contributed by atoms with van der Waals surface area (Å²) >= 11 is 5.77. The van der Waals surface area contributed by atoms with E-state index in [0.29, 0.717) is 0 Å².